The summed E-state index contributed by atoms with van der Waals surface area (Å²) in [5.41, 5.74) is 7.24. The summed E-state index contributed by atoms with van der Waals surface area (Å²) in [5.74, 6) is -0.0723. The first-order valence-corrected chi connectivity index (χ1v) is 7.00. The van der Waals surface area contributed by atoms with E-state index < -0.39 is 0 Å². The number of aromatic nitrogens is 1. The van der Waals surface area contributed by atoms with Gasteiger partial charge in [-0.25, -0.2) is 4.98 Å². The van der Waals surface area contributed by atoms with Crippen LogP contribution in [0.3, 0.4) is 0 Å². The van der Waals surface area contributed by atoms with Crippen molar-refractivity contribution in [3.63, 3.8) is 0 Å². The molecule has 0 saturated heterocycles. The predicted octanol–water partition coefficient (Wildman–Crippen LogP) is 1.88. The van der Waals surface area contributed by atoms with E-state index in [0.29, 0.717) is 25.1 Å². The van der Waals surface area contributed by atoms with E-state index in [2.05, 4.69) is 10.3 Å². The van der Waals surface area contributed by atoms with Crippen molar-refractivity contribution in [2.24, 2.45) is 5.73 Å². The van der Waals surface area contributed by atoms with Crippen LogP contribution < -0.4 is 11.1 Å². The number of nitrogens with two attached hydrogens (primary N) is 1. The van der Waals surface area contributed by atoms with Gasteiger partial charge in [-0.3, -0.25) is 4.79 Å². The first-order valence-electron chi connectivity index (χ1n) is 6.18. The van der Waals surface area contributed by atoms with E-state index in [1.165, 1.54) is 0 Å². The van der Waals surface area contributed by atoms with Crippen LogP contribution in [0.2, 0.25) is 0 Å². The molecule has 1 heterocycles. The second kappa shape index (κ2) is 6.45. The number of nitrogens with zero attached hydrogens (tertiary/aromatic N) is 1. The van der Waals surface area contributed by atoms with Gasteiger partial charge in [0.2, 0.25) is 0 Å². The lowest BCUT2D eigenvalue weighted by Gasteiger charge is -2.08. The zero-order valence-corrected chi connectivity index (χ0v) is 11.7. The van der Waals surface area contributed by atoms with Gasteiger partial charge in [-0.15, -0.1) is 11.3 Å². The first-order chi connectivity index (χ1) is 9.20. The molecule has 3 N–H and O–H groups in total. The van der Waals surface area contributed by atoms with Gasteiger partial charge in [0.05, 0.1) is 6.54 Å². The third-order valence-corrected chi connectivity index (χ3v) is 3.66. The number of thiazole rings is 1. The van der Waals surface area contributed by atoms with Crippen molar-refractivity contribution in [3.8, 4) is 0 Å². The molecular weight excluding hydrogens is 258 g/mol. The molecule has 4 nitrogen and oxygen atoms in total. The number of nitrogens with one attached hydrogen (secondary N) is 1. The molecular formula is C14H17N3OS. The van der Waals surface area contributed by atoms with E-state index in [-0.39, 0.29) is 5.91 Å². The maximum Gasteiger partial charge on any atom is 0.251 e. The summed E-state index contributed by atoms with van der Waals surface area (Å²) in [6.45, 7) is 3.00. The Balaban J connectivity index is 2.03. The SMILES string of the molecule is Cc1cnc(CNC(=O)c2ccccc2CCN)s1. The Morgan fingerprint density at radius 3 is 2.89 bits per heavy atom. The Morgan fingerprint density at radius 1 is 1.42 bits per heavy atom. The summed E-state index contributed by atoms with van der Waals surface area (Å²) >= 11 is 1.59. The number of carbonyl (C=O) groups excluding carboxylic acids is 1. The minimum absolute atomic E-state index is 0.0723. The van der Waals surface area contributed by atoms with Gasteiger partial charge in [0.1, 0.15) is 5.01 Å². The number of hydrogen-bond donors (Lipinski definition) is 2. The number of aryl methyl sites for hydroxylation is 1. The second-order valence-corrected chi connectivity index (χ2v) is 5.56. The van der Waals surface area contributed by atoms with Crippen molar-refractivity contribution in [3.05, 3.63) is 51.5 Å². The van der Waals surface area contributed by atoms with Gasteiger partial charge < -0.3 is 11.1 Å². The van der Waals surface area contributed by atoms with Gasteiger partial charge in [0.25, 0.3) is 5.91 Å². The number of rotatable bonds is 5. The molecule has 0 aliphatic heterocycles. The fraction of sp³-hybridized carbons (Fsp3) is 0.286. The second-order valence-electron chi connectivity index (χ2n) is 4.24. The summed E-state index contributed by atoms with van der Waals surface area (Å²) in [7, 11) is 0. The van der Waals surface area contributed by atoms with Crippen LogP contribution >= 0.6 is 11.3 Å². The van der Waals surface area contributed by atoms with Crippen LogP contribution in [0.15, 0.2) is 30.5 Å². The zero-order chi connectivity index (χ0) is 13.7. The topological polar surface area (TPSA) is 68.0 Å². The minimum atomic E-state index is -0.0723. The molecule has 0 unspecified atom stereocenters. The molecule has 0 saturated carbocycles. The van der Waals surface area contributed by atoms with E-state index in [1.807, 2.05) is 37.4 Å². The van der Waals surface area contributed by atoms with Crippen molar-refractivity contribution in [1.82, 2.24) is 10.3 Å². The fourth-order valence-corrected chi connectivity index (χ4v) is 2.58. The third-order valence-electron chi connectivity index (χ3n) is 2.74. The summed E-state index contributed by atoms with van der Waals surface area (Å²) < 4.78 is 0. The van der Waals surface area contributed by atoms with Crippen LogP contribution in [-0.2, 0) is 13.0 Å². The predicted molar refractivity (Wildman–Crippen MR) is 77.2 cm³/mol. The molecule has 0 fully saturated rings. The van der Waals surface area contributed by atoms with E-state index in [4.69, 9.17) is 5.73 Å². The molecule has 0 radical (unpaired) electrons. The van der Waals surface area contributed by atoms with Crippen molar-refractivity contribution < 1.29 is 4.79 Å². The molecule has 0 bridgehead atoms. The molecule has 0 spiro atoms. The van der Waals surface area contributed by atoms with Crippen molar-refractivity contribution in [1.29, 1.82) is 0 Å². The highest BCUT2D eigenvalue weighted by Crippen LogP contribution is 2.12. The first kappa shape index (κ1) is 13.7. The van der Waals surface area contributed by atoms with Crippen LogP contribution in [0.4, 0.5) is 0 Å². The quantitative estimate of drug-likeness (QED) is 0.875. The fourth-order valence-electron chi connectivity index (χ4n) is 1.85. The van der Waals surface area contributed by atoms with Crippen molar-refractivity contribution in [2.75, 3.05) is 6.54 Å². The molecule has 100 valence electrons. The van der Waals surface area contributed by atoms with E-state index in [9.17, 15) is 4.79 Å². The minimum Gasteiger partial charge on any atom is -0.346 e. The largest absolute Gasteiger partial charge is 0.346 e. The molecule has 1 amide bonds. The summed E-state index contributed by atoms with van der Waals surface area (Å²) in [6, 6.07) is 7.55. The molecule has 0 aliphatic rings. The van der Waals surface area contributed by atoms with Crippen LogP contribution in [0.25, 0.3) is 0 Å². The molecule has 2 aromatic rings. The Hall–Kier alpha value is -1.72. The molecule has 1 aromatic heterocycles. The average molecular weight is 275 g/mol. The molecule has 0 aliphatic carbocycles. The molecule has 19 heavy (non-hydrogen) atoms. The van der Waals surface area contributed by atoms with Crippen LogP contribution in [0.5, 0.6) is 0 Å². The Bertz CT molecular complexity index is 565. The van der Waals surface area contributed by atoms with E-state index >= 15 is 0 Å². The molecule has 1 aromatic carbocycles. The summed E-state index contributed by atoms with van der Waals surface area (Å²) in [6.07, 6.45) is 2.52. The molecule has 2 rings (SSSR count). The van der Waals surface area contributed by atoms with Gasteiger partial charge in [-0.2, -0.15) is 0 Å². The number of hydrogen-bond acceptors (Lipinski definition) is 4. The van der Waals surface area contributed by atoms with Crippen molar-refractivity contribution >= 4 is 17.2 Å². The maximum atomic E-state index is 12.1. The number of carbonyl (C=O) groups is 1. The molecule has 5 heteroatoms. The van der Waals surface area contributed by atoms with Crippen LogP contribution in [0, 0.1) is 6.92 Å². The average Bonchev–Trinajstić information content (AvgIpc) is 2.83. The number of amides is 1. The maximum absolute atomic E-state index is 12.1. The van der Waals surface area contributed by atoms with E-state index in [0.717, 1.165) is 15.4 Å². The number of benzene rings is 1. The van der Waals surface area contributed by atoms with E-state index in [1.54, 1.807) is 11.3 Å². The summed E-state index contributed by atoms with van der Waals surface area (Å²) in [5, 5.41) is 3.81. The standard InChI is InChI=1S/C14H17N3OS/c1-10-8-16-13(19-10)9-17-14(18)12-5-3-2-4-11(12)6-7-15/h2-5,8H,6-7,9,15H2,1H3,(H,17,18). The van der Waals surface area contributed by atoms with Gasteiger partial charge in [0.15, 0.2) is 0 Å². The highest BCUT2D eigenvalue weighted by Gasteiger charge is 2.10. The lowest BCUT2D eigenvalue weighted by atomic mass is 10.0. The lowest BCUT2D eigenvalue weighted by Crippen LogP contribution is -2.24. The van der Waals surface area contributed by atoms with Gasteiger partial charge in [-0.05, 0) is 31.5 Å². The normalized spacial score (nSPS) is 10.4. The van der Waals surface area contributed by atoms with Crippen LogP contribution in [-0.4, -0.2) is 17.4 Å². The Kier molecular flexibility index (Phi) is 4.65. The lowest BCUT2D eigenvalue weighted by molar-refractivity contribution is 0.0950. The van der Waals surface area contributed by atoms with Gasteiger partial charge in [-0.1, -0.05) is 18.2 Å². The molecule has 0 atom stereocenters. The smallest absolute Gasteiger partial charge is 0.251 e. The van der Waals surface area contributed by atoms with Crippen LogP contribution in [0.1, 0.15) is 25.8 Å². The Labute approximate surface area is 116 Å². The highest BCUT2D eigenvalue weighted by atomic mass is 32.1. The Morgan fingerprint density at radius 2 is 2.21 bits per heavy atom. The van der Waals surface area contributed by atoms with Gasteiger partial charge in [0, 0.05) is 16.6 Å². The van der Waals surface area contributed by atoms with Gasteiger partial charge >= 0.3 is 0 Å². The highest BCUT2D eigenvalue weighted by molar-refractivity contribution is 7.11. The summed E-state index contributed by atoms with van der Waals surface area (Å²) in [4.78, 5) is 17.5. The van der Waals surface area contributed by atoms with Crippen molar-refractivity contribution in [2.45, 2.75) is 19.9 Å². The zero-order valence-electron chi connectivity index (χ0n) is 10.8. The third kappa shape index (κ3) is 3.62. The monoisotopic (exact) mass is 275 g/mol.